The fourth-order valence-electron chi connectivity index (χ4n) is 3.79. The molecule has 0 unspecified atom stereocenters. The van der Waals surface area contributed by atoms with E-state index in [1.54, 1.807) is 0 Å². The summed E-state index contributed by atoms with van der Waals surface area (Å²) in [7, 11) is 0. The molecule has 1 saturated carbocycles. The summed E-state index contributed by atoms with van der Waals surface area (Å²) >= 11 is 0. The van der Waals surface area contributed by atoms with Crippen LogP contribution < -0.4 is 5.32 Å². The lowest BCUT2D eigenvalue weighted by Gasteiger charge is -2.20. The summed E-state index contributed by atoms with van der Waals surface area (Å²) in [6.07, 6.45) is 10.9. The van der Waals surface area contributed by atoms with Crippen LogP contribution >= 0.6 is 0 Å². The lowest BCUT2D eigenvalue weighted by Crippen LogP contribution is -2.13. The minimum Gasteiger partial charge on any atom is -0.385 e. The maximum absolute atomic E-state index is 4.83. The highest BCUT2D eigenvalue weighted by atomic mass is 15.3. The Morgan fingerprint density at radius 1 is 1.14 bits per heavy atom. The van der Waals surface area contributed by atoms with Crippen LogP contribution in [0.2, 0.25) is 0 Å². The number of benzene rings is 1. The Hall–Kier alpha value is -1.77. The minimum atomic E-state index is 0.644. The molecule has 21 heavy (non-hydrogen) atoms. The molecule has 2 aliphatic rings. The maximum Gasteiger partial charge on any atom is 0.0668 e. The molecule has 1 aromatic heterocycles. The molecule has 0 radical (unpaired) electrons. The molecule has 4 rings (SSSR count). The molecule has 110 valence electrons. The Morgan fingerprint density at radius 2 is 2.05 bits per heavy atom. The standard InChI is InChI=1S/C18H23N3/c1-2-7-16(6-1)21-12-10-15(20-21)13-14-5-3-9-18-17(14)8-4-11-19-18/h3,5,9-10,12,16,19H,1-2,4,6-8,11,13H2. The molecule has 0 amide bonds. The van der Waals surface area contributed by atoms with E-state index in [4.69, 9.17) is 5.10 Å². The molecular formula is C18H23N3. The largest absolute Gasteiger partial charge is 0.385 e. The fraction of sp³-hybridized carbons (Fsp3) is 0.500. The van der Waals surface area contributed by atoms with Crippen LogP contribution in [0.25, 0.3) is 0 Å². The second-order valence-corrected chi connectivity index (χ2v) is 6.38. The van der Waals surface area contributed by atoms with Gasteiger partial charge in [-0.2, -0.15) is 5.10 Å². The van der Waals surface area contributed by atoms with E-state index in [9.17, 15) is 0 Å². The van der Waals surface area contributed by atoms with E-state index in [0.29, 0.717) is 6.04 Å². The van der Waals surface area contributed by atoms with E-state index >= 15 is 0 Å². The summed E-state index contributed by atoms with van der Waals surface area (Å²) in [5.41, 5.74) is 5.48. The zero-order valence-corrected chi connectivity index (χ0v) is 12.5. The highest BCUT2D eigenvalue weighted by molar-refractivity contribution is 5.56. The summed E-state index contributed by atoms with van der Waals surface area (Å²) in [5.74, 6) is 0. The number of fused-ring (bicyclic) bond motifs is 1. The quantitative estimate of drug-likeness (QED) is 0.923. The van der Waals surface area contributed by atoms with E-state index in [2.05, 4.69) is 40.5 Å². The van der Waals surface area contributed by atoms with Crippen molar-refractivity contribution in [3.63, 3.8) is 0 Å². The van der Waals surface area contributed by atoms with Crippen molar-refractivity contribution < 1.29 is 0 Å². The van der Waals surface area contributed by atoms with E-state index in [0.717, 1.165) is 13.0 Å². The van der Waals surface area contributed by atoms with Gasteiger partial charge in [-0.25, -0.2) is 0 Å². The normalized spacial score (nSPS) is 18.5. The van der Waals surface area contributed by atoms with Crippen LogP contribution in [0.1, 0.15) is 55.0 Å². The van der Waals surface area contributed by atoms with Gasteiger partial charge < -0.3 is 5.32 Å². The van der Waals surface area contributed by atoms with Crippen molar-refractivity contribution in [1.82, 2.24) is 9.78 Å². The van der Waals surface area contributed by atoms with Crippen molar-refractivity contribution in [3.05, 3.63) is 47.3 Å². The van der Waals surface area contributed by atoms with Gasteiger partial charge in [0.05, 0.1) is 11.7 Å². The molecule has 2 heterocycles. The number of nitrogens with one attached hydrogen (secondary N) is 1. The van der Waals surface area contributed by atoms with Crippen molar-refractivity contribution >= 4 is 5.69 Å². The molecule has 0 bridgehead atoms. The summed E-state index contributed by atoms with van der Waals surface area (Å²) in [5, 5.41) is 8.35. The first-order chi connectivity index (χ1) is 10.4. The number of anilines is 1. The molecule has 0 atom stereocenters. The van der Waals surface area contributed by atoms with Crippen LogP contribution in [0.4, 0.5) is 5.69 Å². The highest BCUT2D eigenvalue weighted by Gasteiger charge is 2.18. The van der Waals surface area contributed by atoms with E-state index in [1.165, 1.54) is 61.0 Å². The van der Waals surface area contributed by atoms with Crippen LogP contribution in [-0.4, -0.2) is 16.3 Å². The van der Waals surface area contributed by atoms with Gasteiger partial charge in [-0.3, -0.25) is 4.68 Å². The topological polar surface area (TPSA) is 29.9 Å². The number of aromatic nitrogens is 2. The van der Waals surface area contributed by atoms with Gasteiger partial charge in [0, 0.05) is 24.8 Å². The maximum atomic E-state index is 4.83. The zero-order valence-electron chi connectivity index (χ0n) is 12.5. The first-order valence-electron chi connectivity index (χ1n) is 8.29. The smallest absolute Gasteiger partial charge is 0.0668 e. The van der Waals surface area contributed by atoms with Crippen molar-refractivity contribution in [2.75, 3.05) is 11.9 Å². The van der Waals surface area contributed by atoms with Gasteiger partial charge >= 0.3 is 0 Å². The van der Waals surface area contributed by atoms with Crippen LogP contribution in [0, 0.1) is 0 Å². The Morgan fingerprint density at radius 3 is 2.95 bits per heavy atom. The third kappa shape index (κ3) is 2.57. The molecule has 3 heteroatoms. The molecule has 0 spiro atoms. The van der Waals surface area contributed by atoms with E-state index < -0.39 is 0 Å². The lowest BCUT2D eigenvalue weighted by atomic mass is 9.95. The van der Waals surface area contributed by atoms with Gasteiger partial charge in [0.25, 0.3) is 0 Å². The van der Waals surface area contributed by atoms with Gasteiger partial charge in [0.2, 0.25) is 0 Å². The Labute approximate surface area is 126 Å². The average molecular weight is 281 g/mol. The van der Waals surface area contributed by atoms with Crippen LogP contribution in [0.5, 0.6) is 0 Å². The molecular weight excluding hydrogens is 258 g/mol. The predicted molar refractivity (Wildman–Crippen MR) is 85.8 cm³/mol. The Balaban J connectivity index is 1.56. The summed E-state index contributed by atoms with van der Waals surface area (Å²) < 4.78 is 2.20. The minimum absolute atomic E-state index is 0.644. The second kappa shape index (κ2) is 5.55. The van der Waals surface area contributed by atoms with Crippen molar-refractivity contribution in [2.24, 2.45) is 0 Å². The monoisotopic (exact) mass is 281 g/mol. The van der Waals surface area contributed by atoms with Gasteiger partial charge in [0.15, 0.2) is 0 Å². The highest BCUT2D eigenvalue weighted by Crippen LogP contribution is 2.30. The second-order valence-electron chi connectivity index (χ2n) is 6.38. The van der Waals surface area contributed by atoms with Crippen molar-refractivity contribution in [2.45, 2.75) is 51.0 Å². The molecule has 1 fully saturated rings. The molecule has 2 aromatic rings. The van der Waals surface area contributed by atoms with E-state index in [-0.39, 0.29) is 0 Å². The summed E-state index contributed by atoms with van der Waals surface area (Å²) in [6, 6.07) is 9.48. The third-order valence-corrected chi connectivity index (χ3v) is 4.93. The number of hydrogen-bond acceptors (Lipinski definition) is 2. The van der Waals surface area contributed by atoms with E-state index in [1.807, 2.05) is 0 Å². The predicted octanol–water partition coefficient (Wildman–Crippen LogP) is 3.95. The van der Waals surface area contributed by atoms with Gasteiger partial charge in [-0.05, 0) is 48.9 Å². The molecule has 3 nitrogen and oxygen atoms in total. The van der Waals surface area contributed by atoms with Gasteiger partial charge in [0.1, 0.15) is 0 Å². The van der Waals surface area contributed by atoms with Crippen LogP contribution in [0.3, 0.4) is 0 Å². The molecule has 0 saturated heterocycles. The zero-order chi connectivity index (χ0) is 14.1. The molecule has 1 N–H and O–H groups in total. The van der Waals surface area contributed by atoms with Crippen LogP contribution in [-0.2, 0) is 12.8 Å². The summed E-state index contributed by atoms with van der Waals surface area (Å²) in [6.45, 7) is 1.10. The first-order valence-corrected chi connectivity index (χ1v) is 8.29. The molecule has 1 aliphatic heterocycles. The Kier molecular flexibility index (Phi) is 3.42. The Bertz CT molecular complexity index is 623. The van der Waals surface area contributed by atoms with Crippen molar-refractivity contribution in [1.29, 1.82) is 0 Å². The molecule has 1 aliphatic carbocycles. The third-order valence-electron chi connectivity index (χ3n) is 4.93. The summed E-state index contributed by atoms with van der Waals surface area (Å²) in [4.78, 5) is 0. The number of nitrogens with zero attached hydrogens (tertiary/aromatic N) is 2. The van der Waals surface area contributed by atoms with Crippen molar-refractivity contribution in [3.8, 4) is 0 Å². The lowest BCUT2D eigenvalue weighted by molar-refractivity contribution is 0.463. The van der Waals surface area contributed by atoms with Gasteiger partial charge in [-0.15, -0.1) is 0 Å². The van der Waals surface area contributed by atoms with Gasteiger partial charge in [-0.1, -0.05) is 25.0 Å². The van der Waals surface area contributed by atoms with Crippen LogP contribution in [0.15, 0.2) is 30.5 Å². The average Bonchev–Trinajstić information content (AvgIpc) is 3.18. The SMILES string of the molecule is c1cc(Cc2ccn(C3CCCC3)n2)c2c(c1)NCCC2. The fourth-order valence-corrected chi connectivity index (χ4v) is 3.79. The number of rotatable bonds is 3. The number of hydrogen-bond donors (Lipinski definition) is 1. The molecule has 1 aromatic carbocycles. The first kappa shape index (κ1) is 12.9.